The number of hydrogen-bond donors (Lipinski definition) is 0. The molecule has 0 saturated heterocycles. The van der Waals surface area contributed by atoms with Gasteiger partial charge < -0.3 is 0 Å². The van der Waals surface area contributed by atoms with Crippen LogP contribution in [0.2, 0.25) is 0 Å². The normalized spacial score (nSPS) is 17.2. The average molecular weight is 412 g/mol. The molecule has 146 valence electrons. The molecule has 10 heteroatoms. The van der Waals surface area contributed by atoms with Gasteiger partial charge in [-0.25, -0.2) is 26.0 Å². The highest BCUT2D eigenvalue weighted by atomic mass is 32.2. The maximum absolute atomic E-state index is 14.0. The highest BCUT2D eigenvalue weighted by Gasteiger charge is 2.39. The van der Waals surface area contributed by atoms with E-state index in [0.717, 1.165) is 12.1 Å². The van der Waals surface area contributed by atoms with E-state index in [0.29, 0.717) is 0 Å². The molecule has 0 spiro atoms. The van der Waals surface area contributed by atoms with Crippen LogP contribution in [0.15, 0.2) is 24.3 Å². The summed E-state index contributed by atoms with van der Waals surface area (Å²) in [5.74, 6) is -6.25. The summed E-state index contributed by atoms with van der Waals surface area (Å²) in [6, 6.07) is 1.66. The molecule has 0 amide bonds. The third-order valence-electron chi connectivity index (χ3n) is 4.46. The Kier molecular flexibility index (Phi) is 4.73. The van der Waals surface area contributed by atoms with Crippen LogP contribution in [0.1, 0.15) is 33.9 Å². The summed E-state index contributed by atoms with van der Waals surface area (Å²) in [5.41, 5.74) is -3.16. The molecule has 2 aromatic rings. The van der Waals surface area contributed by atoms with Crippen molar-refractivity contribution >= 4 is 9.84 Å². The van der Waals surface area contributed by atoms with E-state index in [4.69, 9.17) is 0 Å². The third kappa shape index (κ3) is 3.54. The number of halogens is 7. The van der Waals surface area contributed by atoms with Crippen LogP contribution in [0.3, 0.4) is 0 Å². The number of rotatable bonds is 3. The maximum atomic E-state index is 14.0. The molecule has 0 aromatic heterocycles. The van der Waals surface area contributed by atoms with E-state index in [1.807, 2.05) is 0 Å². The van der Waals surface area contributed by atoms with Gasteiger partial charge in [-0.2, -0.15) is 13.2 Å². The van der Waals surface area contributed by atoms with Gasteiger partial charge in [-0.15, -0.1) is 0 Å². The van der Waals surface area contributed by atoms with E-state index >= 15 is 0 Å². The van der Waals surface area contributed by atoms with Gasteiger partial charge in [0.05, 0.1) is 16.6 Å². The topological polar surface area (TPSA) is 34.1 Å². The molecule has 0 heterocycles. The molecular weight excluding hydrogens is 401 g/mol. The lowest BCUT2D eigenvalue weighted by molar-refractivity contribution is -0.140. The first-order chi connectivity index (χ1) is 12.4. The minimum atomic E-state index is -5.15. The quantitative estimate of drug-likeness (QED) is 0.675. The van der Waals surface area contributed by atoms with Gasteiger partial charge in [-0.05, 0) is 42.7 Å². The predicted octanol–water partition coefficient (Wildman–Crippen LogP) is 4.86. The van der Waals surface area contributed by atoms with Crippen molar-refractivity contribution in [3.8, 4) is 0 Å². The number of fused-ring (bicyclic) bond motifs is 1. The molecule has 2 aromatic carbocycles. The van der Waals surface area contributed by atoms with Crippen LogP contribution in [0, 0.1) is 23.3 Å². The van der Waals surface area contributed by atoms with Gasteiger partial charge in [0.1, 0.15) is 23.3 Å². The van der Waals surface area contributed by atoms with Crippen molar-refractivity contribution in [3.63, 3.8) is 0 Å². The molecule has 3 rings (SSSR count). The third-order valence-corrected chi connectivity index (χ3v) is 6.51. The molecule has 1 unspecified atom stereocenters. The van der Waals surface area contributed by atoms with E-state index in [9.17, 15) is 39.2 Å². The van der Waals surface area contributed by atoms with Crippen molar-refractivity contribution < 1.29 is 39.2 Å². The van der Waals surface area contributed by atoms with Crippen LogP contribution in [0.5, 0.6) is 0 Å². The SMILES string of the molecule is O=S(=O)(Cc1cc(F)c(C(F)(F)F)cc1F)C1CCc2c(F)ccc(F)c21. The number of sulfone groups is 1. The van der Waals surface area contributed by atoms with E-state index in [1.54, 1.807) is 0 Å². The fourth-order valence-electron chi connectivity index (χ4n) is 3.22. The molecular formula is C17H11F7O2S. The lowest BCUT2D eigenvalue weighted by atomic mass is 10.1. The van der Waals surface area contributed by atoms with Crippen LogP contribution in [-0.2, 0) is 28.2 Å². The summed E-state index contributed by atoms with van der Waals surface area (Å²) in [7, 11) is -4.35. The number of hydrogen-bond acceptors (Lipinski definition) is 2. The van der Waals surface area contributed by atoms with Crippen molar-refractivity contribution in [2.24, 2.45) is 0 Å². The van der Waals surface area contributed by atoms with Gasteiger partial charge in [0.25, 0.3) is 0 Å². The predicted molar refractivity (Wildman–Crippen MR) is 81.4 cm³/mol. The Morgan fingerprint density at radius 2 is 1.56 bits per heavy atom. The molecule has 1 atom stereocenters. The first-order valence-electron chi connectivity index (χ1n) is 7.65. The maximum Gasteiger partial charge on any atom is 0.419 e. The Morgan fingerprint density at radius 3 is 2.19 bits per heavy atom. The van der Waals surface area contributed by atoms with Crippen LogP contribution in [0.4, 0.5) is 30.7 Å². The largest absolute Gasteiger partial charge is 0.419 e. The Hall–Kier alpha value is -2.10. The smallest absolute Gasteiger partial charge is 0.228 e. The van der Waals surface area contributed by atoms with Crippen molar-refractivity contribution in [3.05, 3.63) is 69.8 Å². The van der Waals surface area contributed by atoms with E-state index in [-0.39, 0.29) is 36.1 Å². The molecule has 0 bridgehead atoms. The van der Waals surface area contributed by atoms with Gasteiger partial charge >= 0.3 is 6.18 Å². The molecule has 27 heavy (non-hydrogen) atoms. The second kappa shape index (κ2) is 6.50. The monoisotopic (exact) mass is 412 g/mol. The summed E-state index contributed by atoms with van der Waals surface area (Å²) in [5, 5.41) is -1.49. The Balaban J connectivity index is 1.99. The lowest BCUT2D eigenvalue weighted by Gasteiger charge is -2.15. The zero-order valence-electron chi connectivity index (χ0n) is 13.4. The van der Waals surface area contributed by atoms with E-state index in [1.165, 1.54) is 0 Å². The van der Waals surface area contributed by atoms with Gasteiger partial charge in [-0.3, -0.25) is 0 Å². The molecule has 2 nitrogen and oxygen atoms in total. The fourth-order valence-corrected chi connectivity index (χ4v) is 5.17. The summed E-state index contributed by atoms with van der Waals surface area (Å²) >= 11 is 0. The second-order valence-corrected chi connectivity index (χ2v) is 8.36. The summed E-state index contributed by atoms with van der Waals surface area (Å²) in [6.07, 6.45) is -5.37. The highest BCUT2D eigenvalue weighted by molar-refractivity contribution is 7.90. The first-order valence-corrected chi connectivity index (χ1v) is 9.37. The Labute approximate surface area is 149 Å². The molecule has 1 aliphatic carbocycles. The fraction of sp³-hybridized carbons (Fsp3) is 0.294. The van der Waals surface area contributed by atoms with Crippen molar-refractivity contribution in [1.29, 1.82) is 0 Å². The van der Waals surface area contributed by atoms with Crippen molar-refractivity contribution in [1.82, 2.24) is 0 Å². The summed E-state index contributed by atoms with van der Waals surface area (Å²) in [6.45, 7) is 0. The summed E-state index contributed by atoms with van der Waals surface area (Å²) in [4.78, 5) is 0. The van der Waals surface area contributed by atoms with Crippen molar-refractivity contribution in [2.75, 3.05) is 0 Å². The van der Waals surface area contributed by atoms with Gasteiger partial charge in [0, 0.05) is 11.1 Å². The molecule has 0 fully saturated rings. The first kappa shape index (κ1) is 19.7. The average Bonchev–Trinajstić information content (AvgIpc) is 3.00. The standard InChI is InChI=1S/C17H11F7O2S/c18-11-2-3-12(19)16-9(11)1-4-15(16)27(25,26)7-8-5-14(21)10(6-13(8)20)17(22,23)24/h2-3,5-6,15H,1,4,7H2. The van der Waals surface area contributed by atoms with Crippen LogP contribution >= 0.6 is 0 Å². The van der Waals surface area contributed by atoms with Crippen LogP contribution < -0.4 is 0 Å². The van der Waals surface area contributed by atoms with Gasteiger partial charge in [0.15, 0.2) is 9.84 Å². The lowest BCUT2D eigenvalue weighted by Crippen LogP contribution is -2.17. The Bertz CT molecular complexity index is 1010. The summed E-state index contributed by atoms with van der Waals surface area (Å²) < 4.78 is 118. The van der Waals surface area contributed by atoms with E-state index < -0.39 is 61.4 Å². The minimum Gasteiger partial charge on any atom is -0.228 e. The molecule has 0 saturated carbocycles. The molecule has 1 aliphatic rings. The molecule has 0 aliphatic heterocycles. The van der Waals surface area contributed by atoms with Crippen LogP contribution in [0.25, 0.3) is 0 Å². The highest BCUT2D eigenvalue weighted by Crippen LogP contribution is 2.41. The van der Waals surface area contributed by atoms with Gasteiger partial charge in [-0.1, -0.05) is 0 Å². The number of alkyl halides is 3. The second-order valence-electron chi connectivity index (χ2n) is 6.18. The zero-order chi connectivity index (χ0) is 20.1. The van der Waals surface area contributed by atoms with E-state index in [2.05, 4.69) is 0 Å². The zero-order valence-corrected chi connectivity index (χ0v) is 14.2. The van der Waals surface area contributed by atoms with Gasteiger partial charge in [0.2, 0.25) is 0 Å². The van der Waals surface area contributed by atoms with Crippen molar-refractivity contribution in [2.45, 2.75) is 30.0 Å². The molecule has 0 radical (unpaired) electrons. The number of benzene rings is 2. The molecule has 0 N–H and O–H groups in total. The Morgan fingerprint density at radius 1 is 0.926 bits per heavy atom. The minimum absolute atomic E-state index is 0.0628. The van der Waals surface area contributed by atoms with Crippen LogP contribution in [-0.4, -0.2) is 8.42 Å².